The Morgan fingerprint density at radius 3 is 2.88 bits per heavy atom. The molecule has 0 radical (unpaired) electrons. The van der Waals surface area contributed by atoms with Crippen molar-refractivity contribution in [1.82, 2.24) is 10.1 Å². The van der Waals surface area contributed by atoms with Crippen molar-refractivity contribution in [3.8, 4) is 17.0 Å². The number of halogens is 2. The van der Waals surface area contributed by atoms with E-state index < -0.39 is 22.6 Å². The maximum absolute atomic E-state index is 15.5. The van der Waals surface area contributed by atoms with E-state index in [1.807, 2.05) is 13.1 Å². The average molecular weight is 481 g/mol. The van der Waals surface area contributed by atoms with E-state index in [0.29, 0.717) is 35.2 Å². The first kappa shape index (κ1) is 20.4. The zero-order valence-corrected chi connectivity index (χ0v) is 19.5. The molecular formula is C25H22F2N4O2S. The smallest absolute Gasteiger partial charge is 0.216 e. The monoisotopic (exact) mass is 480 g/mol. The predicted octanol–water partition coefficient (Wildman–Crippen LogP) is 4.49. The van der Waals surface area contributed by atoms with Gasteiger partial charge in [-0.05, 0) is 37.3 Å². The molecule has 2 aromatic heterocycles. The maximum atomic E-state index is 15.5. The van der Waals surface area contributed by atoms with Crippen LogP contribution in [0.5, 0.6) is 5.88 Å². The number of nitrogens with zero attached hydrogens (tertiary/aromatic N) is 3. The number of aromatic nitrogens is 2. The maximum Gasteiger partial charge on any atom is 0.216 e. The second-order valence-electron chi connectivity index (χ2n) is 9.83. The molecular weight excluding hydrogens is 458 g/mol. The second-order valence-corrected chi connectivity index (χ2v) is 10.8. The molecule has 1 aromatic carbocycles. The molecule has 3 aliphatic carbocycles. The van der Waals surface area contributed by atoms with Crippen molar-refractivity contribution < 1.29 is 18.0 Å². The molecule has 0 saturated heterocycles. The Morgan fingerprint density at radius 1 is 1.24 bits per heavy atom. The summed E-state index contributed by atoms with van der Waals surface area (Å²) in [6, 6.07) is 3.78. The summed E-state index contributed by atoms with van der Waals surface area (Å²) < 4.78 is 41.1. The first-order valence-electron chi connectivity index (χ1n) is 11.3. The normalized spacial score (nSPS) is 30.3. The van der Waals surface area contributed by atoms with Gasteiger partial charge in [-0.2, -0.15) is 0 Å². The number of rotatable bonds is 2. The fourth-order valence-electron chi connectivity index (χ4n) is 6.84. The summed E-state index contributed by atoms with van der Waals surface area (Å²) in [7, 11) is 1.59. The summed E-state index contributed by atoms with van der Waals surface area (Å²) in [4.78, 5) is 9.64. The number of methoxy groups -OCH3 is 1. The third-order valence-electron chi connectivity index (χ3n) is 8.35. The summed E-state index contributed by atoms with van der Waals surface area (Å²) in [5, 5.41) is 4.71. The van der Waals surface area contributed by atoms with Gasteiger partial charge in [0, 0.05) is 58.0 Å². The summed E-state index contributed by atoms with van der Waals surface area (Å²) in [6.07, 6.45) is 3.79. The number of thioether (sulfide) groups is 1. The molecule has 2 N–H and O–H groups in total. The molecule has 9 heteroatoms. The number of aliphatic imine (C=N–C) groups is 1. The van der Waals surface area contributed by atoms with Crippen LogP contribution in [0.25, 0.3) is 11.1 Å². The van der Waals surface area contributed by atoms with Crippen LogP contribution in [0.3, 0.4) is 0 Å². The number of pyridine rings is 1. The van der Waals surface area contributed by atoms with Gasteiger partial charge in [0.05, 0.1) is 12.8 Å². The summed E-state index contributed by atoms with van der Waals surface area (Å²) in [5.74, 6) is 1.18. The van der Waals surface area contributed by atoms with E-state index >= 15 is 4.39 Å². The van der Waals surface area contributed by atoms with E-state index in [1.165, 1.54) is 23.9 Å². The predicted molar refractivity (Wildman–Crippen MR) is 124 cm³/mol. The second kappa shape index (κ2) is 6.59. The van der Waals surface area contributed by atoms with E-state index in [-0.39, 0.29) is 11.8 Å². The van der Waals surface area contributed by atoms with Gasteiger partial charge in [0.1, 0.15) is 22.9 Å². The molecule has 2 unspecified atom stereocenters. The third-order valence-corrected chi connectivity index (χ3v) is 9.40. The Kier molecular flexibility index (Phi) is 3.96. The third kappa shape index (κ3) is 2.38. The molecule has 1 aliphatic heterocycles. The van der Waals surface area contributed by atoms with E-state index in [2.05, 4.69) is 10.1 Å². The summed E-state index contributed by atoms with van der Waals surface area (Å²) >= 11 is 1.51. The Morgan fingerprint density at radius 2 is 2.09 bits per heavy atom. The van der Waals surface area contributed by atoms with Gasteiger partial charge in [-0.1, -0.05) is 23.0 Å². The highest BCUT2D eigenvalue weighted by Crippen LogP contribution is 2.71. The Hall–Kier alpha value is -2.94. The molecule has 2 bridgehead atoms. The lowest BCUT2D eigenvalue weighted by atomic mass is 9.54. The van der Waals surface area contributed by atoms with Crippen molar-refractivity contribution in [2.24, 2.45) is 22.1 Å². The van der Waals surface area contributed by atoms with Crippen molar-refractivity contribution in [1.29, 1.82) is 0 Å². The number of hydrogen-bond acceptors (Lipinski definition) is 7. The molecule has 4 aliphatic rings. The zero-order chi connectivity index (χ0) is 23.4. The highest BCUT2D eigenvalue weighted by atomic mass is 32.2. The van der Waals surface area contributed by atoms with Crippen LogP contribution in [0, 0.1) is 29.9 Å². The lowest BCUT2D eigenvalue weighted by molar-refractivity contribution is 0.0914. The minimum Gasteiger partial charge on any atom is -0.481 e. The highest BCUT2D eigenvalue weighted by molar-refractivity contribution is 8.13. The number of benzene rings is 1. The van der Waals surface area contributed by atoms with Gasteiger partial charge >= 0.3 is 0 Å². The molecule has 174 valence electrons. The fourth-order valence-corrected chi connectivity index (χ4v) is 8.02. The van der Waals surface area contributed by atoms with Crippen LogP contribution in [0.1, 0.15) is 40.5 Å². The number of nitrogens with two attached hydrogens (primary N) is 1. The van der Waals surface area contributed by atoms with E-state index in [9.17, 15) is 4.39 Å². The van der Waals surface area contributed by atoms with Gasteiger partial charge in [-0.15, -0.1) is 0 Å². The van der Waals surface area contributed by atoms with Crippen molar-refractivity contribution in [2.45, 2.75) is 37.6 Å². The molecule has 34 heavy (non-hydrogen) atoms. The quantitative estimate of drug-likeness (QED) is 0.582. The van der Waals surface area contributed by atoms with Crippen molar-refractivity contribution in [3.63, 3.8) is 0 Å². The largest absolute Gasteiger partial charge is 0.481 e. The SMILES string of the molecule is COc1ncc2c3c1C[C@]1(c4ccc(F)cc4F)N=C(N)SC[C@@]1(C3)C1CC1c1onc(C)c1-2. The molecule has 1 fully saturated rings. The number of fused-ring (bicyclic) bond motifs is 4. The number of amidine groups is 1. The van der Waals surface area contributed by atoms with Crippen molar-refractivity contribution in [3.05, 3.63) is 64.2 Å². The van der Waals surface area contributed by atoms with Crippen LogP contribution in [-0.2, 0) is 18.4 Å². The van der Waals surface area contributed by atoms with Gasteiger partial charge in [0.25, 0.3) is 0 Å². The zero-order valence-electron chi connectivity index (χ0n) is 18.7. The van der Waals surface area contributed by atoms with Crippen LogP contribution in [-0.4, -0.2) is 28.2 Å². The molecule has 1 saturated carbocycles. The Balaban J connectivity index is 1.59. The van der Waals surface area contributed by atoms with Gasteiger partial charge in [-0.25, -0.2) is 13.8 Å². The lowest BCUT2D eigenvalue weighted by Gasteiger charge is -2.55. The highest BCUT2D eigenvalue weighted by Gasteiger charge is 2.69. The summed E-state index contributed by atoms with van der Waals surface area (Å²) in [6.45, 7) is 1.95. The minimum absolute atomic E-state index is 0.158. The van der Waals surface area contributed by atoms with E-state index in [0.717, 1.165) is 46.2 Å². The van der Waals surface area contributed by atoms with Gasteiger partial charge < -0.3 is 15.0 Å². The number of aryl methyl sites for hydroxylation is 1. The molecule has 4 atom stereocenters. The molecule has 1 spiro atoms. The number of hydrogen-bond donors (Lipinski definition) is 1. The van der Waals surface area contributed by atoms with Gasteiger partial charge in [-0.3, -0.25) is 4.99 Å². The fraction of sp³-hybridized carbons (Fsp3) is 0.400. The molecule has 0 amide bonds. The van der Waals surface area contributed by atoms with Crippen LogP contribution in [0.15, 0.2) is 33.9 Å². The molecule has 3 heterocycles. The van der Waals surface area contributed by atoms with Crippen LogP contribution >= 0.6 is 11.8 Å². The first-order chi connectivity index (χ1) is 16.4. The van der Waals surface area contributed by atoms with Gasteiger partial charge in [0.2, 0.25) is 5.88 Å². The van der Waals surface area contributed by atoms with Crippen LogP contribution in [0.4, 0.5) is 8.78 Å². The first-order valence-corrected chi connectivity index (χ1v) is 12.3. The van der Waals surface area contributed by atoms with Crippen molar-refractivity contribution >= 4 is 16.9 Å². The number of ether oxygens (including phenoxy) is 1. The van der Waals surface area contributed by atoms with Crippen LogP contribution in [0.2, 0.25) is 0 Å². The summed E-state index contributed by atoms with van der Waals surface area (Å²) in [5.41, 5.74) is 10.1. The molecule has 7 rings (SSSR count). The topological polar surface area (TPSA) is 86.5 Å². The molecule has 6 nitrogen and oxygen atoms in total. The van der Waals surface area contributed by atoms with Crippen molar-refractivity contribution in [2.75, 3.05) is 12.9 Å². The standard InChI is InChI=1S/C25H22F2N4O2S/c1-11-20-16-9-29-22(32-2)15-8-25(17-4-3-12(26)5-19(17)27)24(7-14(15)16,10-34-23(28)30-25)18-6-13(18)21(20)33-31-11/h3-5,9,13,18H,6-8,10H2,1-2H3,(H2,28,30)/t13?,18?,24-,25+/m0/s1. The Labute approximate surface area is 199 Å². The lowest BCUT2D eigenvalue weighted by Crippen LogP contribution is -2.57. The van der Waals surface area contributed by atoms with Gasteiger partial charge in [0.15, 0.2) is 5.17 Å². The van der Waals surface area contributed by atoms with E-state index in [4.69, 9.17) is 20.0 Å². The van der Waals surface area contributed by atoms with Crippen LogP contribution < -0.4 is 10.5 Å². The minimum atomic E-state index is -1.01. The van der Waals surface area contributed by atoms with E-state index in [1.54, 1.807) is 7.11 Å². The Bertz CT molecular complexity index is 1420. The average Bonchev–Trinajstić information content (AvgIpc) is 3.51. The molecule has 3 aromatic rings.